The van der Waals surface area contributed by atoms with Gasteiger partial charge in [-0.2, -0.15) is 0 Å². The average molecular weight is 224 g/mol. The molecule has 5 N–H and O–H groups in total. The van der Waals surface area contributed by atoms with Crippen LogP contribution in [0.2, 0.25) is 0 Å². The third kappa shape index (κ3) is 4.10. The van der Waals surface area contributed by atoms with Gasteiger partial charge in [-0.25, -0.2) is 4.79 Å². The molecule has 0 rings (SSSR count). The lowest BCUT2D eigenvalue weighted by molar-refractivity contribution is -0.169. The van der Waals surface area contributed by atoms with Crippen molar-refractivity contribution in [1.29, 1.82) is 0 Å². The second-order valence-electron chi connectivity index (χ2n) is 2.93. The highest BCUT2D eigenvalue weighted by Crippen LogP contribution is 2.06. The van der Waals surface area contributed by atoms with Crippen LogP contribution in [0.4, 0.5) is 0 Å². The highest BCUT2D eigenvalue weighted by atomic mass is 16.5. The summed E-state index contributed by atoms with van der Waals surface area (Å²) in [5.41, 5.74) is 0. The van der Waals surface area contributed by atoms with Gasteiger partial charge in [-0.1, -0.05) is 0 Å². The van der Waals surface area contributed by atoms with Gasteiger partial charge in [0.05, 0.1) is 13.2 Å². The molecular formula is C8H16O7. The van der Waals surface area contributed by atoms with Crippen LogP contribution in [0.5, 0.6) is 0 Å². The summed E-state index contributed by atoms with van der Waals surface area (Å²) < 4.78 is 4.38. The van der Waals surface area contributed by atoms with E-state index in [1.807, 2.05) is 0 Å². The maximum Gasteiger partial charge on any atom is 0.337 e. The highest BCUT2D eigenvalue weighted by Gasteiger charge is 2.34. The van der Waals surface area contributed by atoms with E-state index in [-0.39, 0.29) is 6.61 Å². The average Bonchev–Trinajstić information content (AvgIpc) is 2.25. The molecule has 4 atom stereocenters. The molecule has 0 radical (unpaired) electrons. The lowest BCUT2D eigenvalue weighted by atomic mass is 10.0. The van der Waals surface area contributed by atoms with Crippen molar-refractivity contribution in [3.05, 3.63) is 0 Å². The number of rotatable bonds is 6. The molecule has 0 fully saturated rings. The molecule has 7 nitrogen and oxygen atoms in total. The molecule has 15 heavy (non-hydrogen) atoms. The molecule has 0 aliphatic rings. The molecule has 0 bridgehead atoms. The fourth-order valence-electron chi connectivity index (χ4n) is 0.889. The van der Waals surface area contributed by atoms with Crippen molar-refractivity contribution >= 4 is 5.97 Å². The smallest absolute Gasteiger partial charge is 0.337 e. The van der Waals surface area contributed by atoms with Crippen molar-refractivity contribution in [2.45, 2.75) is 31.3 Å². The molecule has 0 aromatic heterocycles. The van der Waals surface area contributed by atoms with Crippen LogP contribution in [0.15, 0.2) is 0 Å². The summed E-state index contributed by atoms with van der Waals surface area (Å²) in [4.78, 5) is 10.9. The van der Waals surface area contributed by atoms with E-state index >= 15 is 0 Å². The minimum Gasteiger partial charge on any atom is -0.464 e. The summed E-state index contributed by atoms with van der Waals surface area (Å²) in [6.45, 7) is 0.727. The SMILES string of the molecule is CCOC(=O)[C@H](O)[C@H](O)[C@@H](O)[C@H](O)CO. The number of aliphatic hydroxyl groups is 5. The first kappa shape index (κ1) is 14.3. The third-order valence-corrected chi connectivity index (χ3v) is 1.78. The molecule has 0 unspecified atom stereocenters. The number of esters is 1. The van der Waals surface area contributed by atoms with Crippen LogP contribution in [0.1, 0.15) is 6.92 Å². The monoisotopic (exact) mass is 224 g/mol. The summed E-state index contributed by atoms with van der Waals surface area (Å²) in [5, 5.41) is 44.9. The normalized spacial score (nSPS) is 19.1. The van der Waals surface area contributed by atoms with Crippen molar-refractivity contribution in [3.8, 4) is 0 Å². The number of carbonyl (C=O) groups excluding carboxylic acids is 1. The zero-order chi connectivity index (χ0) is 12.0. The van der Waals surface area contributed by atoms with Crippen LogP contribution in [0, 0.1) is 0 Å². The van der Waals surface area contributed by atoms with Crippen molar-refractivity contribution in [1.82, 2.24) is 0 Å². The molecule has 0 aromatic carbocycles. The van der Waals surface area contributed by atoms with E-state index in [1.165, 1.54) is 6.92 Å². The van der Waals surface area contributed by atoms with Crippen molar-refractivity contribution in [2.24, 2.45) is 0 Å². The number of carbonyl (C=O) groups is 1. The molecule has 0 aliphatic heterocycles. The van der Waals surface area contributed by atoms with Gasteiger partial charge in [-0.15, -0.1) is 0 Å². The maximum absolute atomic E-state index is 10.9. The fraction of sp³-hybridized carbons (Fsp3) is 0.875. The predicted octanol–water partition coefficient (Wildman–Crippen LogP) is -3.01. The van der Waals surface area contributed by atoms with E-state index in [1.54, 1.807) is 0 Å². The Labute approximate surface area is 86.5 Å². The minimum atomic E-state index is -1.96. The molecule has 7 heteroatoms. The Morgan fingerprint density at radius 1 is 1.20 bits per heavy atom. The Hall–Kier alpha value is -0.730. The van der Waals surface area contributed by atoms with Crippen LogP contribution in [0.3, 0.4) is 0 Å². The van der Waals surface area contributed by atoms with Gasteiger partial charge in [-0.05, 0) is 6.92 Å². The zero-order valence-corrected chi connectivity index (χ0v) is 8.28. The number of ether oxygens (including phenoxy) is 1. The zero-order valence-electron chi connectivity index (χ0n) is 8.28. The van der Waals surface area contributed by atoms with Gasteiger partial charge in [0.1, 0.15) is 18.3 Å². The van der Waals surface area contributed by atoms with E-state index < -0.39 is 37.0 Å². The Bertz CT molecular complexity index is 195. The lowest BCUT2D eigenvalue weighted by Gasteiger charge is -2.24. The van der Waals surface area contributed by atoms with Gasteiger partial charge < -0.3 is 30.3 Å². The van der Waals surface area contributed by atoms with E-state index in [9.17, 15) is 9.90 Å². The second-order valence-corrected chi connectivity index (χ2v) is 2.93. The van der Waals surface area contributed by atoms with Crippen molar-refractivity contribution < 1.29 is 35.1 Å². The summed E-state index contributed by atoms with van der Waals surface area (Å²) in [6.07, 6.45) is -7.33. The number of hydrogen-bond acceptors (Lipinski definition) is 7. The summed E-state index contributed by atoms with van der Waals surface area (Å²) in [6, 6.07) is 0. The van der Waals surface area contributed by atoms with Gasteiger partial charge in [0.25, 0.3) is 0 Å². The Balaban J connectivity index is 4.29. The van der Waals surface area contributed by atoms with Crippen LogP contribution >= 0.6 is 0 Å². The summed E-state index contributed by atoms with van der Waals surface area (Å²) in [5.74, 6) is -1.10. The topological polar surface area (TPSA) is 127 Å². The van der Waals surface area contributed by atoms with Crippen LogP contribution in [-0.2, 0) is 9.53 Å². The van der Waals surface area contributed by atoms with E-state index in [0.717, 1.165) is 0 Å². The third-order valence-electron chi connectivity index (χ3n) is 1.78. The van der Waals surface area contributed by atoms with Gasteiger partial charge >= 0.3 is 5.97 Å². The standard InChI is InChI=1S/C8H16O7/c1-2-15-8(14)7(13)6(12)5(11)4(10)3-9/h4-7,9-13H,2-3H2,1H3/t4-,5+,6-,7-/m1/s1. The largest absolute Gasteiger partial charge is 0.464 e. The second kappa shape index (κ2) is 6.70. The van der Waals surface area contributed by atoms with E-state index in [0.29, 0.717) is 0 Å². The highest BCUT2D eigenvalue weighted by molar-refractivity contribution is 5.75. The minimum absolute atomic E-state index is 0.0151. The van der Waals surface area contributed by atoms with Gasteiger partial charge in [0, 0.05) is 0 Å². The maximum atomic E-state index is 10.9. The summed E-state index contributed by atoms with van der Waals surface area (Å²) >= 11 is 0. The van der Waals surface area contributed by atoms with Crippen molar-refractivity contribution in [2.75, 3.05) is 13.2 Å². The quantitative estimate of drug-likeness (QED) is 0.304. The molecule has 0 saturated heterocycles. The molecule has 90 valence electrons. The van der Waals surface area contributed by atoms with Crippen LogP contribution in [-0.4, -0.2) is 69.1 Å². The first-order chi connectivity index (χ1) is 6.95. The fourth-order valence-corrected chi connectivity index (χ4v) is 0.889. The van der Waals surface area contributed by atoms with Gasteiger partial charge in [-0.3, -0.25) is 0 Å². The molecule has 0 saturated carbocycles. The number of hydrogen-bond donors (Lipinski definition) is 5. The summed E-state index contributed by atoms with van der Waals surface area (Å²) in [7, 11) is 0. The van der Waals surface area contributed by atoms with Crippen LogP contribution < -0.4 is 0 Å². The molecule has 0 aromatic rings. The number of aliphatic hydroxyl groups excluding tert-OH is 5. The molecule has 0 heterocycles. The lowest BCUT2D eigenvalue weighted by Crippen LogP contribution is -2.49. The van der Waals surface area contributed by atoms with E-state index in [2.05, 4.69) is 4.74 Å². The first-order valence-corrected chi connectivity index (χ1v) is 4.45. The van der Waals surface area contributed by atoms with Crippen LogP contribution in [0.25, 0.3) is 0 Å². The Morgan fingerprint density at radius 3 is 2.13 bits per heavy atom. The van der Waals surface area contributed by atoms with E-state index in [4.69, 9.17) is 20.4 Å². The molecule has 0 amide bonds. The predicted molar refractivity (Wildman–Crippen MR) is 47.7 cm³/mol. The van der Waals surface area contributed by atoms with Crippen molar-refractivity contribution in [3.63, 3.8) is 0 Å². The molecular weight excluding hydrogens is 208 g/mol. The Morgan fingerprint density at radius 2 is 1.73 bits per heavy atom. The first-order valence-electron chi connectivity index (χ1n) is 4.45. The van der Waals surface area contributed by atoms with Gasteiger partial charge in [0.2, 0.25) is 0 Å². The van der Waals surface area contributed by atoms with Gasteiger partial charge in [0.15, 0.2) is 6.10 Å². The molecule has 0 spiro atoms. The Kier molecular flexibility index (Phi) is 6.37. The molecule has 0 aliphatic carbocycles.